The van der Waals surface area contributed by atoms with Crippen LogP contribution in [-0.2, 0) is 0 Å². The molecule has 10 heteroatoms. The lowest BCUT2D eigenvalue weighted by Gasteiger charge is -2.59. The number of nitrogens with zero attached hydrogens (tertiary/aromatic N) is 1. The van der Waals surface area contributed by atoms with Gasteiger partial charge in [-0.05, 0) is 41.0 Å². The molecule has 1 unspecified atom stereocenters. The van der Waals surface area contributed by atoms with Crippen molar-refractivity contribution in [2.24, 2.45) is 0 Å². The first-order valence-corrected chi connectivity index (χ1v) is 16.2. The summed E-state index contributed by atoms with van der Waals surface area (Å²) >= 11 is 23.7. The molecule has 0 heterocycles. The van der Waals surface area contributed by atoms with E-state index in [1.165, 1.54) is 0 Å². The van der Waals surface area contributed by atoms with Gasteiger partial charge >= 0.3 is 0 Å². The summed E-state index contributed by atoms with van der Waals surface area (Å²) in [5.74, 6) is 0. The van der Waals surface area contributed by atoms with Gasteiger partial charge in [0.05, 0.1) is 5.48 Å². The highest BCUT2D eigenvalue weighted by molar-refractivity contribution is 14.3. The fraction of sp³-hybridized carbons (Fsp3) is 1.00. The van der Waals surface area contributed by atoms with E-state index in [0.717, 1.165) is 6.42 Å². The van der Waals surface area contributed by atoms with E-state index >= 15 is 0 Å². The molecule has 0 aromatic rings. The average molecular weight is 1320 g/mol. The van der Waals surface area contributed by atoms with Gasteiger partial charge < -0.3 is 0 Å². The normalized spacial score (nSPS) is 18.0. The minimum absolute atomic E-state index is 0.0193. The fourth-order valence-corrected chi connectivity index (χ4v) is 13.1. The molecular weight excluding hydrogens is 1300 g/mol. The molecule has 0 fully saturated rings. The molecule has 0 aliphatic heterocycles. The van der Waals surface area contributed by atoms with Gasteiger partial charge in [-0.1, -0.05) is 203 Å². The van der Waals surface area contributed by atoms with Crippen molar-refractivity contribution < 1.29 is 0 Å². The van der Waals surface area contributed by atoms with E-state index in [1.807, 2.05) is 0 Å². The van der Waals surface area contributed by atoms with E-state index in [4.69, 9.17) is 0 Å². The van der Waals surface area contributed by atoms with Crippen LogP contribution in [0.4, 0.5) is 0 Å². The highest BCUT2D eigenvalue weighted by Crippen LogP contribution is 2.66. The van der Waals surface area contributed by atoms with Gasteiger partial charge in [0.25, 0.3) is 0 Å². The van der Waals surface area contributed by atoms with Gasteiger partial charge in [-0.25, -0.2) is 0 Å². The first-order valence-electron chi connectivity index (χ1n) is 6.19. The Morgan fingerprint density at radius 1 is 0.773 bits per heavy atom. The Hall–Kier alpha value is 6.53. The van der Waals surface area contributed by atoms with Crippen LogP contribution in [0, 0.1) is 0 Å². The SMILES string of the molecule is CC(C)(C)N(C(C)(C)I)C(I)(CC(I)I)C(I)(I)C(I)(I)I. The number of alkyl halides is 9. The van der Waals surface area contributed by atoms with Crippen LogP contribution >= 0.6 is 203 Å². The lowest BCUT2D eigenvalue weighted by atomic mass is 9.97. The Bertz CT molecular complexity index is 364. The molecule has 134 valence electrons. The summed E-state index contributed by atoms with van der Waals surface area (Å²) in [6.07, 6.45) is 1.14. The monoisotopic (exact) mass is 1320 g/mol. The van der Waals surface area contributed by atoms with Crippen LogP contribution in [0.1, 0.15) is 41.0 Å². The summed E-state index contributed by atoms with van der Waals surface area (Å²) in [5, 5.41) is 0. The molecule has 0 aliphatic carbocycles. The van der Waals surface area contributed by atoms with Gasteiger partial charge in [0, 0.05) is 5.54 Å². The molecule has 0 bridgehead atoms. The van der Waals surface area contributed by atoms with E-state index in [-0.39, 0.29) is 13.5 Å². The Labute approximate surface area is 258 Å². The maximum Gasteiger partial charge on any atom is 0.150 e. The second-order valence-corrected chi connectivity index (χ2v) is 32.5. The predicted octanol–water partition coefficient (Wildman–Crippen LogP) is 9.50. The smallest absolute Gasteiger partial charge is 0.150 e. The average Bonchev–Trinajstić information content (AvgIpc) is 2.07. The first kappa shape index (κ1) is 28.5. The van der Waals surface area contributed by atoms with Crippen molar-refractivity contribution in [3.05, 3.63) is 0 Å². The molecule has 0 aliphatic rings. The van der Waals surface area contributed by atoms with Crippen molar-refractivity contribution in [2.75, 3.05) is 0 Å². The molecule has 0 saturated heterocycles. The van der Waals surface area contributed by atoms with Crippen molar-refractivity contribution >= 4 is 203 Å². The molecule has 0 aromatic carbocycles. The third kappa shape index (κ3) is 7.65. The van der Waals surface area contributed by atoms with E-state index in [1.54, 1.807) is 0 Å². The summed E-state index contributed by atoms with van der Waals surface area (Å²) in [6.45, 7) is 11.7. The predicted molar refractivity (Wildman–Crippen MR) is 178 cm³/mol. The minimum Gasteiger partial charge on any atom is -0.268 e. The number of hydrogen-bond donors (Lipinski definition) is 0. The molecule has 22 heavy (non-hydrogen) atoms. The number of halogens is 9. The van der Waals surface area contributed by atoms with Crippen LogP contribution in [-0.4, -0.2) is 20.3 Å². The summed E-state index contributed by atoms with van der Waals surface area (Å²) in [4.78, 5) is 2.72. The van der Waals surface area contributed by atoms with E-state index in [9.17, 15) is 0 Å². The summed E-state index contributed by atoms with van der Waals surface area (Å²) < 4.78 is 0.839. The summed E-state index contributed by atoms with van der Waals surface area (Å²) in [7, 11) is 0. The zero-order valence-electron chi connectivity index (χ0n) is 12.6. The van der Waals surface area contributed by atoms with Crippen LogP contribution in [0.15, 0.2) is 0 Å². The Balaban J connectivity index is 6.42. The maximum absolute atomic E-state index is 2.75. The van der Waals surface area contributed by atoms with Gasteiger partial charge in [0.1, 0.15) is 4.41 Å². The van der Waals surface area contributed by atoms with Gasteiger partial charge in [0.15, 0.2) is 0 Å². The Morgan fingerprint density at radius 2 is 1.14 bits per heavy atom. The first-order chi connectivity index (χ1) is 9.28. The van der Waals surface area contributed by atoms with Crippen molar-refractivity contribution in [3.63, 3.8) is 0 Å². The van der Waals surface area contributed by atoms with Gasteiger partial charge in [-0.3, -0.25) is 4.90 Å². The highest BCUT2D eigenvalue weighted by atomic mass is 127. The zero-order chi connectivity index (χ0) is 18.4. The molecule has 0 N–H and O–H groups in total. The molecule has 0 saturated carbocycles. The van der Waals surface area contributed by atoms with Crippen LogP contribution in [0.2, 0.25) is 0 Å². The van der Waals surface area contributed by atoms with Crippen LogP contribution in [0.25, 0.3) is 0 Å². The van der Waals surface area contributed by atoms with E-state index in [0.29, 0.717) is 1.93 Å². The van der Waals surface area contributed by atoms with Crippen molar-refractivity contribution in [1.29, 1.82) is 0 Å². The Kier molecular flexibility index (Phi) is 13.3. The Morgan fingerprint density at radius 3 is 1.32 bits per heavy atom. The molecule has 1 nitrogen and oxygen atoms in total. The quantitative estimate of drug-likeness (QED) is 0.146. The molecule has 0 spiro atoms. The van der Waals surface area contributed by atoms with Crippen LogP contribution in [0.3, 0.4) is 0 Å². The van der Waals surface area contributed by atoms with E-state index in [2.05, 4.69) is 243 Å². The van der Waals surface area contributed by atoms with Gasteiger partial charge in [-0.15, -0.1) is 0 Å². The number of rotatable bonds is 6. The van der Waals surface area contributed by atoms with Gasteiger partial charge in [0.2, 0.25) is 0 Å². The molecule has 1 atom stereocenters. The zero-order valence-corrected chi connectivity index (χ0v) is 32.1. The molecule has 0 radical (unpaired) electrons. The molecule has 0 amide bonds. The van der Waals surface area contributed by atoms with Crippen LogP contribution in [0.5, 0.6) is 0 Å². The maximum atomic E-state index is 2.75. The molecular formula is C12H18I9N. The largest absolute Gasteiger partial charge is 0.268 e. The minimum atomic E-state index is 0.0193. The number of hydrogen-bond acceptors (Lipinski definition) is 1. The van der Waals surface area contributed by atoms with Crippen molar-refractivity contribution in [2.45, 2.75) is 56.5 Å². The lowest BCUT2D eigenvalue weighted by Crippen LogP contribution is -2.68. The lowest BCUT2D eigenvalue weighted by molar-refractivity contribution is 0.0295. The second kappa shape index (κ2) is 10.2. The van der Waals surface area contributed by atoms with Gasteiger partial charge in [-0.2, -0.15) is 0 Å². The molecule has 0 aromatic heterocycles. The van der Waals surface area contributed by atoms with Crippen LogP contribution < -0.4 is 0 Å². The van der Waals surface area contributed by atoms with Crippen molar-refractivity contribution in [3.8, 4) is 0 Å². The fourth-order valence-electron chi connectivity index (χ4n) is 2.53. The highest BCUT2D eigenvalue weighted by Gasteiger charge is 2.63. The second-order valence-electron chi connectivity index (χ2n) is 6.34. The third-order valence-corrected chi connectivity index (χ3v) is 20.0. The summed E-state index contributed by atoms with van der Waals surface area (Å²) in [6, 6.07) is 0. The van der Waals surface area contributed by atoms with Crippen molar-refractivity contribution in [1.82, 2.24) is 4.90 Å². The standard InChI is InChI=1S/C12H18I9N/c1-8(2,3)22(9(4,5)15)10(16,6-7(13)14)11(17,18)12(19,20)21/h7H,6H2,1-5H3. The van der Waals surface area contributed by atoms with E-state index < -0.39 is 0 Å². The summed E-state index contributed by atoms with van der Waals surface area (Å²) in [5.41, 5.74) is 0.0881. The third-order valence-electron chi connectivity index (χ3n) is 2.82. The molecule has 0 rings (SSSR count). The topological polar surface area (TPSA) is 3.24 Å².